The smallest absolute Gasteiger partial charge is 0.253 e. The lowest BCUT2D eigenvalue weighted by molar-refractivity contribution is 0.478. The fraction of sp³-hybridized carbons (Fsp3) is 0. The van der Waals surface area contributed by atoms with Crippen LogP contribution < -0.4 is 21.5 Å². The molecule has 0 bridgehead atoms. The van der Waals surface area contributed by atoms with E-state index in [-0.39, 0.29) is 22.8 Å². The van der Waals surface area contributed by atoms with Gasteiger partial charge in [-0.15, -0.1) is 0 Å². The van der Waals surface area contributed by atoms with Gasteiger partial charge in [0.25, 0.3) is 10.9 Å². The molecule has 0 saturated heterocycles. The molecule has 0 atom stereocenters. The lowest BCUT2D eigenvalue weighted by Crippen LogP contribution is -2.35. The van der Waals surface area contributed by atoms with Crippen LogP contribution in [0.2, 0.25) is 0 Å². The Kier molecular flexibility index (Phi) is 3.53. The Balaban J connectivity index is 1.93. The van der Waals surface area contributed by atoms with Gasteiger partial charge in [0.2, 0.25) is 0 Å². The number of benzene rings is 2. The van der Waals surface area contributed by atoms with Crippen LogP contribution in [0, 0.1) is 6.57 Å². The van der Waals surface area contributed by atoms with E-state index in [1.54, 1.807) is 24.3 Å². The van der Waals surface area contributed by atoms with Crippen LogP contribution in [0.3, 0.4) is 0 Å². The van der Waals surface area contributed by atoms with Crippen molar-refractivity contribution in [3.8, 4) is 5.75 Å². The fourth-order valence-electron chi connectivity index (χ4n) is 2.12. The molecule has 3 aromatic carbocycles. The summed E-state index contributed by atoms with van der Waals surface area (Å²) >= 11 is 0. The first-order valence-corrected chi connectivity index (χ1v) is 6.73. The van der Waals surface area contributed by atoms with E-state index in [0.717, 1.165) is 0 Å². The number of nitrogens with one attached hydrogen (secondary N) is 2. The van der Waals surface area contributed by atoms with Gasteiger partial charge >= 0.3 is 0 Å². The zero-order valence-corrected chi connectivity index (χ0v) is 11.8. The third-order valence-electron chi connectivity index (χ3n) is 3.32. The zero-order chi connectivity index (χ0) is 16.4. The average molecular weight is 305 g/mol. The Morgan fingerprint density at radius 3 is 2.22 bits per heavy atom. The van der Waals surface area contributed by atoms with Gasteiger partial charge in [-0.1, -0.05) is 24.3 Å². The normalized spacial score (nSPS) is 10.2. The molecule has 112 valence electrons. The van der Waals surface area contributed by atoms with Gasteiger partial charge in [0, 0.05) is 5.69 Å². The molecule has 6 nitrogen and oxygen atoms in total. The predicted octanol–water partition coefficient (Wildman–Crippen LogP) is 3.03. The van der Waals surface area contributed by atoms with Crippen LogP contribution in [0.1, 0.15) is 0 Å². The molecule has 0 aliphatic rings. The second-order valence-electron chi connectivity index (χ2n) is 4.84. The molecular formula is C17H11N3O3. The van der Waals surface area contributed by atoms with Crippen molar-refractivity contribution < 1.29 is 5.11 Å². The largest absolute Gasteiger partial charge is 0.506 e. The average Bonchev–Trinajstić information content (AvgIpc) is 2.60. The number of rotatable bonds is 4. The van der Waals surface area contributed by atoms with Gasteiger partial charge in [-0.25, -0.2) is 4.85 Å². The van der Waals surface area contributed by atoms with E-state index < -0.39 is 10.9 Å². The molecule has 0 aliphatic heterocycles. The summed E-state index contributed by atoms with van der Waals surface area (Å²) in [6, 6.07) is 13.2. The van der Waals surface area contributed by atoms with E-state index in [9.17, 15) is 14.7 Å². The minimum Gasteiger partial charge on any atom is -0.506 e. The molecule has 0 unspecified atom stereocenters. The highest BCUT2D eigenvalue weighted by Gasteiger charge is 2.22. The number of nitrogens with zero attached hydrogens (tertiary/aromatic N) is 1. The van der Waals surface area contributed by atoms with E-state index in [1.165, 1.54) is 18.2 Å². The molecule has 0 fully saturated rings. The van der Waals surface area contributed by atoms with Crippen molar-refractivity contribution in [2.75, 3.05) is 10.6 Å². The van der Waals surface area contributed by atoms with E-state index in [1.807, 2.05) is 6.07 Å². The number of hydrogen-bond donors (Lipinski definition) is 3. The Bertz CT molecular complexity index is 981. The van der Waals surface area contributed by atoms with Crippen LogP contribution in [0.25, 0.3) is 4.85 Å². The minimum atomic E-state index is -0.670. The summed E-state index contributed by atoms with van der Waals surface area (Å²) in [5.74, 6) is -0.115. The number of anilines is 4. The van der Waals surface area contributed by atoms with Gasteiger partial charge < -0.3 is 15.7 Å². The number of para-hydroxylation sites is 1. The van der Waals surface area contributed by atoms with E-state index in [0.29, 0.717) is 11.4 Å². The summed E-state index contributed by atoms with van der Waals surface area (Å²) in [5.41, 5.74) is 0.0726. The number of hydrogen-bond acceptors (Lipinski definition) is 5. The third kappa shape index (κ3) is 2.63. The van der Waals surface area contributed by atoms with Crippen molar-refractivity contribution in [3.05, 3.63) is 80.4 Å². The molecule has 0 heterocycles. The number of phenols is 1. The lowest BCUT2D eigenvalue weighted by Gasteiger charge is -2.15. The van der Waals surface area contributed by atoms with Crippen molar-refractivity contribution >= 4 is 28.4 Å². The van der Waals surface area contributed by atoms with E-state index in [2.05, 4.69) is 15.5 Å². The first kappa shape index (κ1) is 14.4. The van der Waals surface area contributed by atoms with Crippen LogP contribution in [0.15, 0.2) is 58.1 Å². The Hall–Kier alpha value is -3.59. The van der Waals surface area contributed by atoms with Gasteiger partial charge in [0.1, 0.15) is 17.1 Å². The molecule has 3 rings (SSSR count). The van der Waals surface area contributed by atoms with Crippen LogP contribution in [-0.2, 0) is 0 Å². The van der Waals surface area contributed by atoms with Gasteiger partial charge in [-0.05, 0) is 24.3 Å². The first-order chi connectivity index (χ1) is 11.1. The monoisotopic (exact) mass is 305 g/mol. The summed E-state index contributed by atoms with van der Waals surface area (Å²) in [6.45, 7) is 6.98. The Morgan fingerprint density at radius 1 is 0.913 bits per heavy atom. The number of aromatic hydroxyl groups is 1. The van der Waals surface area contributed by atoms with Crippen molar-refractivity contribution in [2.45, 2.75) is 0 Å². The quantitative estimate of drug-likeness (QED) is 0.392. The van der Waals surface area contributed by atoms with Gasteiger partial charge in [0.05, 0.1) is 12.3 Å². The molecule has 0 amide bonds. The molecule has 3 N–H and O–H groups in total. The lowest BCUT2D eigenvalue weighted by atomic mass is 10.1. The molecule has 0 radical (unpaired) electrons. The van der Waals surface area contributed by atoms with E-state index >= 15 is 0 Å². The molecule has 0 saturated carbocycles. The molecule has 3 aromatic rings. The summed E-state index contributed by atoms with van der Waals surface area (Å²) in [7, 11) is 0. The Labute approximate surface area is 131 Å². The first-order valence-electron chi connectivity index (χ1n) is 6.73. The van der Waals surface area contributed by atoms with Crippen LogP contribution >= 0.6 is 0 Å². The molecule has 0 spiro atoms. The summed E-state index contributed by atoms with van der Waals surface area (Å²) in [4.78, 5) is 26.8. The van der Waals surface area contributed by atoms with Gasteiger partial charge in [0.15, 0.2) is 5.69 Å². The molecular weight excluding hydrogens is 294 g/mol. The van der Waals surface area contributed by atoms with Crippen molar-refractivity contribution in [1.29, 1.82) is 0 Å². The summed E-state index contributed by atoms with van der Waals surface area (Å²) in [6.07, 6.45) is 0. The van der Waals surface area contributed by atoms with Gasteiger partial charge in [-0.2, -0.15) is 0 Å². The molecule has 6 heteroatoms. The van der Waals surface area contributed by atoms with E-state index in [4.69, 9.17) is 6.57 Å². The highest BCUT2D eigenvalue weighted by molar-refractivity contribution is 5.84. The van der Waals surface area contributed by atoms with Crippen molar-refractivity contribution in [2.24, 2.45) is 0 Å². The maximum atomic E-state index is 11.8. The summed E-state index contributed by atoms with van der Waals surface area (Å²) < 4.78 is 0. The van der Waals surface area contributed by atoms with Crippen LogP contribution in [-0.4, -0.2) is 5.11 Å². The highest BCUT2D eigenvalue weighted by atomic mass is 16.3. The molecule has 0 aliphatic carbocycles. The van der Waals surface area contributed by atoms with Crippen molar-refractivity contribution in [3.63, 3.8) is 0 Å². The van der Waals surface area contributed by atoms with Gasteiger partial charge in [-0.3, -0.25) is 9.59 Å². The minimum absolute atomic E-state index is 0.0660. The topological polar surface area (TPSA) is 82.8 Å². The SMILES string of the molecule is [C-]#[N+]c1ccc(O)c(Nc2c(Nc3ccccc3)c(=O)c2=O)c1. The zero-order valence-electron chi connectivity index (χ0n) is 11.8. The second kappa shape index (κ2) is 5.66. The molecule has 0 aromatic heterocycles. The predicted molar refractivity (Wildman–Crippen MR) is 88.7 cm³/mol. The summed E-state index contributed by atoms with van der Waals surface area (Å²) in [5, 5.41) is 15.4. The second-order valence-corrected chi connectivity index (χ2v) is 4.84. The van der Waals surface area contributed by atoms with Crippen molar-refractivity contribution in [1.82, 2.24) is 0 Å². The molecule has 23 heavy (non-hydrogen) atoms. The maximum Gasteiger partial charge on any atom is 0.253 e. The Morgan fingerprint density at radius 2 is 1.57 bits per heavy atom. The van der Waals surface area contributed by atoms with Crippen LogP contribution in [0.4, 0.5) is 28.4 Å². The standard InChI is InChI=1S/C17H11N3O3/c1-18-11-7-8-13(21)12(9-11)20-15-14(16(22)17(15)23)19-10-5-3-2-4-6-10/h2-9,19-21H. The maximum absolute atomic E-state index is 11.8. The third-order valence-corrected chi connectivity index (χ3v) is 3.32. The highest BCUT2D eigenvalue weighted by Crippen LogP contribution is 2.32. The van der Waals surface area contributed by atoms with Crippen LogP contribution in [0.5, 0.6) is 5.75 Å². The number of phenolic OH excluding ortho intramolecular Hbond substituents is 1. The fourth-order valence-corrected chi connectivity index (χ4v) is 2.12.